The first-order chi connectivity index (χ1) is 5.06. The minimum absolute atomic E-state index is 0.138. The van der Waals surface area contributed by atoms with Crippen LogP contribution in [0, 0.1) is 0 Å². The van der Waals surface area contributed by atoms with Gasteiger partial charge in [0.25, 0.3) is 0 Å². The molecular formula is C9H16O2. The summed E-state index contributed by atoms with van der Waals surface area (Å²) in [7, 11) is 0. The first kappa shape index (κ1) is 10.2. The highest BCUT2D eigenvalue weighted by Gasteiger charge is 2.02. The van der Waals surface area contributed by atoms with Gasteiger partial charge in [-0.2, -0.15) is 0 Å². The first-order valence-corrected chi connectivity index (χ1v) is 3.87. The molecule has 0 unspecified atom stereocenters. The van der Waals surface area contributed by atoms with Gasteiger partial charge >= 0.3 is 0 Å². The Balaban J connectivity index is 3.88. The van der Waals surface area contributed by atoms with E-state index in [9.17, 15) is 4.79 Å². The lowest BCUT2D eigenvalue weighted by Gasteiger charge is -2.11. The fourth-order valence-corrected chi connectivity index (χ4v) is 0.760. The molecule has 2 heteroatoms. The lowest BCUT2D eigenvalue weighted by atomic mass is 10.2. The van der Waals surface area contributed by atoms with Crippen LogP contribution in [0.25, 0.3) is 0 Å². The average molecular weight is 156 g/mol. The van der Waals surface area contributed by atoms with Crippen LogP contribution in [0.5, 0.6) is 0 Å². The molecule has 64 valence electrons. The third-order valence-electron chi connectivity index (χ3n) is 1.13. The van der Waals surface area contributed by atoms with Crippen LogP contribution in [0.1, 0.15) is 34.1 Å². The number of ether oxygens (including phenoxy) is 1. The molecule has 0 saturated heterocycles. The summed E-state index contributed by atoms with van der Waals surface area (Å²) in [6.07, 6.45) is 2.40. The number of hydrogen-bond acceptors (Lipinski definition) is 2. The van der Waals surface area contributed by atoms with Crippen LogP contribution in [0.15, 0.2) is 11.8 Å². The maximum Gasteiger partial charge on any atom is 0.137 e. The monoisotopic (exact) mass is 156 g/mol. The third kappa shape index (κ3) is 5.64. The van der Waals surface area contributed by atoms with Crippen LogP contribution in [0.3, 0.4) is 0 Å². The van der Waals surface area contributed by atoms with Gasteiger partial charge in [0.2, 0.25) is 0 Å². The lowest BCUT2D eigenvalue weighted by molar-refractivity contribution is -0.117. The van der Waals surface area contributed by atoms with Gasteiger partial charge in [-0.05, 0) is 33.8 Å². The normalized spacial score (nSPS) is 11.9. The maximum absolute atomic E-state index is 10.7. The fourth-order valence-electron chi connectivity index (χ4n) is 0.760. The Bertz CT molecular complexity index is 157. The molecule has 0 aliphatic rings. The average Bonchev–Trinajstić information content (AvgIpc) is 1.84. The van der Waals surface area contributed by atoms with E-state index in [4.69, 9.17) is 4.74 Å². The van der Waals surface area contributed by atoms with Crippen LogP contribution in [-0.4, -0.2) is 11.9 Å². The summed E-state index contributed by atoms with van der Waals surface area (Å²) in [5.41, 5.74) is 0. The zero-order chi connectivity index (χ0) is 8.85. The Kier molecular flexibility index (Phi) is 4.59. The smallest absolute Gasteiger partial charge is 0.137 e. The fraction of sp³-hybridized carbons (Fsp3) is 0.667. The highest BCUT2D eigenvalue weighted by atomic mass is 16.5. The van der Waals surface area contributed by atoms with Crippen molar-refractivity contribution in [3.63, 3.8) is 0 Å². The van der Waals surface area contributed by atoms with Crippen LogP contribution in [0.2, 0.25) is 0 Å². The van der Waals surface area contributed by atoms with Crippen molar-refractivity contribution >= 4 is 5.78 Å². The Morgan fingerprint density at radius 2 is 2.09 bits per heavy atom. The predicted octanol–water partition coefficient (Wildman–Crippen LogP) is 2.29. The van der Waals surface area contributed by atoms with Gasteiger partial charge in [0.15, 0.2) is 0 Å². The highest BCUT2D eigenvalue weighted by molar-refractivity contribution is 5.77. The van der Waals surface area contributed by atoms with Crippen LogP contribution < -0.4 is 0 Å². The van der Waals surface area contributed by atoms with Gasteiger partial charge in [0, 0.05) is 0 Å². The molecule has 0 aromatic carbocycles. The van der Waals surface area contributed by atoms with Crippen molar-refractivity contribution in [2.45, 2.75) is 40.2 Å². The number of Topliss-reactive ketones (excluding diaryl/α,β-unsaturated/α-hetero) is 1. The van der Waals surface area contributed by atoms with Crippen molar-refractivity contribution in [2.75, 3.05) is 0 Å². The number of carbonyl (C=O) groups is 1. The molecule has 11 heavy (non-hydrogen) atoms. The van der Waals surface area contributed by atoms with E-state index in [-0.39, 0.29) is 11.9 Å². The van der Waals surface area contributed by atoms with Crippen LogP contribution in [-0.2, 0) is 9.53 Å². The van der Waals surface area contributed by atoms with Crippen molar-refractivity contribution in [1.29, 1.82) is 0 Å². The molecule has 0 fully saturated rings. The molecule has 0 aliphatic carbocycles. The highest BCUT2D eigenvalue weighted by Crippen LogP contribution is 2.06. The molecule has 0 aromatic rings. The number of carbonyl (C=O) groups excluding carboxylic acids is 1. The molecule has 0 aliphatic heterocycles. The molecule has 0 aromatic heterocycles. The van der Waals surface area contributed by atoms with Crippen molar-refractivity contribution < 1.29 is 9.53 Å². The zero-order valence-electron chi connectivity index (χ0n) is 7.68. The minimum atomic E-state index is 0.138. The Hall–Kier alpha value is -0.790. The molecule has 0 bridgehead atoms. The van der Waals surface area contributed by atoms with Gasteiger partial charge in [0.05, 0.1) is 18.3 Å². The molecule has 0 spiro atoms. The number of ketones is 1. The van der Waals surface area contributed by atoms with Crippen LogP contribution in [0.4, 0.5) is 0 Å². The van der Waals surface area contributed by atoms with Crippen molar-refractivity contribution in [2.24, 2.45) is 0 Å². The second-order valence-electron chi connectivity index (χ2n) is 2.80. The summed E-state index contributed by atoms with van der Waals surface area (Å²) in [6, 6.07) is 0. The predicted molar refractivity (Wildman–Crippen MR) is 45.3 cm³/mol. The summed E-state index contributed by atoms with van der Waals surface area (Å²) in [6.45, 7) is 7.33. The van der Waals surface area contributed by atoms with E-state index in [1.54, 1.807) is 6.92 Å². The van der Waals surface area contributed by atoms with Crippen molar-refractivity contribution in [1.82, 2.24) is 0 Å². The van der Waals surface area contributed by atoms with E-state index in [1.165, 1.54) is 0 Å². The van der Waals surface area contributed by atoms with Crippen molar-refractivity contribution in [3.05, 3.63) is 11.8 Å². The third-order valence-corrected chi connectivity index (χ3v) is 1.13. The van der Waals surface area contributed by atoms with E-state index in [0.717, 1.165) is 5.76 Å². The molecule has 0 radical (unpaired) electrons. The van der Waals surface area contributed by atoms with Gasteiger partial charge in [-0.25, -0.2) is 0 Å². The number of hydrogen-bond donors (Lipinski definition) is 0. The standard InChI is InChI=1S/C9H16O2/c1-5-9(6-8(4)10)11-7(2)3/h5,7H,6H2,1-4H3. The number of rotatable bonds is 4. The van der Waals surface area contributed by atoms with E-state index >= 15 is 0 Å². The van der Waals surface area contributed by atoms with Gasteiger partial charge in [0.1, 0.15) is 5.78 Å². The summed E-state index contributed by atoms with van der Waals surface area (Å²) in [5, 5.41) is 0. The maximum atomic E-state index is 10.7. The SMILES string of the molecule is CC=C(CC(C)=O)OC(C)C. The molecular weight excluding hydrogens is 140 g/mol. The quantitative estimate of drug-likeness (QED) is 0.584. The van der Waals surface area contributed by atoms with Gasteiger partial charge < -0.3 is 4.74 Å². The van der Waals surface area contributed by atoms with E-state index in [1.807, 2.05) is 26.8 Å². The Morgan fingerprint density at radius 1 is 1.55 bits per heavy atom. The zero-order valence-corrected chi connectivity index (χ0v) is 7.68. The summed E-state index contributed by atoms with van der Waals surface area (Å²) >= 11 is 0. The Morgan fingerprint density at radius 3 is 2.36 bits per heavy atom. The van der Waals surface area contributed by atoms with Gasteiger partial charge in [-0.15, -0.1) is 0 Å². The van der Waals surface area contributed by atoms with E-state index in [2.05, 4.69) is 0 Å². The van der Waals surface area contributed by atoms with Gasteiger partial charge in [-0.3, -0.25) is 4.79 Å². The summed E-state index contributed by atoms with van der Waals surface area (Å²) < 4.78 is 5.35. The first-order valence-electron chi connectivity index (χ1n) is 3.87. The second-order valence-corrected chi connectivity index (χ2v) is 2.80. The van der Waals surface area contributed by atoms with E-state index in [0.29, 0.717) is 6.42 Å². The molecule has 0 amide bonds. The summed E-state index contributed by atoms with van der Waals surface area (Å²) in [4.78, 5) is 10.7. The van der Waals surface area contributed by atoms with E-state index < -0.39 is 0 Å². The Labute approximate surface area is 68.2 Å². The lowest BCUT2D eigenvalue weighted by Crippen LogP contribution is -2.05. The molecule has 0 heterocycles. The van der Waals surface area contributed by atoms with Gasteiger partial charge in [-0.1, -0.05) is 0 Å². The molecule has 0 rings (SSSR count). The molecule has 2 nitrogen and oxygen atoms in total. The summed E-state index contributed by atoms with van der Waals surface area (Å²) in [5.74, 6) is 0.909. The molecule has 0 saturated carbocycles. The topological polar surface area (TPSA) is 26.3 Å². The van der Waals surface area contributed by atoms with Crippen molar-refractivity contribution in [3.8, 4) is 0 Å². The number of allylic oxidation sites excluding steroid dienone is 2. The minimum Gasteiger partial charge on any atom is -0.495 e. The largest absolute Gasteiger partial charge is 0.495 e. The second kappa shape index (κ2) is 4.94. The molecule has 0 N–H and O–H groups in total. The van der Waals surface area contributed by atoms with Crippen LogP contribution >= 0.6 is 0 Å². The molecule has 0 atom stereocenters.